The van der Waals surface area contributed by atoms with E-state index >= 15 is 0 Å². The Morgan fingerprint density at radius 3 is 2.50 bits per heavy atom. The fourth-order valence-electron chi connectivity index (χ4n) is 3.03. The van der Waals surface area contributed by atoms with Crippen LogP contribution in [0, 0.1) is 11.7 Å². The molecule has 8 heteroatoms. The minimum atomic E-state index is -0.615. The first-order valence-electron chi connectivity index (χ1n) is 8.70. The van der Waals surface area contributed by atoms with Gasteiger partial charge in [-0.15, -0.1) is 11.8 Å². The van der Waals surface area contributed by atoms with Crippen molar-refractivity contribution in [2.24, 2.45) is 5.92 Å². The van der Waals surface area contributed by atoms with Crippen molar-refractivity contribution in [3.63, 3.8) is 0 Å². The molecule has 146 valence electrons. The summed E-state index contributed by atoms with van der Waals surface area (Å²) in [6.45, 7) is 1.57. The van der Waals surface area contributed by atoms with Crippen molar-refractivity contribution in [3.05, 3.63) is 48.3 Å². The fourth-order valence-corrected chi connectivity index (χ4v) is 3.44. The maximum Gasteiger partial charge on any atom is 0.229 e. The van der Waals surface area contributed by atoms with Crippen molar-refractivity contribution in [2.45, 2.75) is 18.2 Å². The van der Waals surface area contributed by atoms with Crippen LogP contribution < -0.4 is 15.5 Å². The predicted molar refractivity (Wildman–Crippen MR) is 108 cm³/mol. The van der Waals surface area contributed by atoms with Gasteiger partial charge in [-0.2, -0.15) is 0 Å². The summed E-state index contributed by atoms with van der Waals surface area (Å²) in [5.41, 5.74) is 1.07. The molecule has 2 N–H and O–H groups in total. The molecule has 0 saturated carbocycles. The third kappa shape index (κ3) is 4.51. The molecule has 2 aromatic carbocycles. The number of amides is 3. The molecule has 2 aromatic rings. The van der Waals surface area contributed by atoms with Gasteiger partial charge in [0.25, 0.3) is 0 Å². The largest absolute Gasteiger partial charge is 0.326 e. The number of thioether (sulfide) groups is 1. The lowest BCUT2D eigenvalue weighted by Gasteiger charge is -2.17. The lowest BCUT2D eigenvalue weighted by molar-refractivity contribution is -0.122. The van der Waals surface area contributed by atoms with Crippen molar-refractivity contribution in [1.82, 2.24) is 0 Å². The highest BCUT2D eigenvalue weighted by Gasteiger charge is 2.35. The average molecular weight is 401 g/mol. The Morgan fingerprint density at radius 2 is 1.86 bits per heavy atom. The van der Waals surface area contributed by atoms with E-state index in [1.807, 2.05) is 30.5 Å². The second-order valence-corrected chi connectivity index (χ2v) is 7.35. The monoisotopic (exact) mass is 401 g/mol. The number of anilines is 3. The Balaban J connectivity index is 1.70. The van der Waals surface area contributed by atoms with Gasteiger partial charge in [-0.1, -0.05) is 0 Å². The minimum Gasteiger partial charge on any atom is -0.326 e. The number of carbonyl (C=O) groups excluding carboxylic acids is 3. The van der Waals surface area contributed by atoms with Gasteiger partial charge in [0.05, 0.1) is 11.6 Å². The minimum absolute atomic E-state index is 0.0357. The normalized spacial score (nSPS) is 16.2. The second-order valence-electron chi connectivity index (χ2n) is 6.47. The first kappa shape index (κ1) is 19.9. The summed E-state index contributed by atoms with van der Waals surface area (Å²) in [5.74, 6) is -2.08. The van der Waals surface area contributed by atoms with E-state index < -0.39 is 17.6 Å². The molecule has 6 nitrogen and oxygen atoms in total. The van der Waals surface area contributed by atoms with E-state index in [2.05, 4.69) is 10.6 Å². The van der Waals surface area contributed by atoms with Crippen LogP contribution in [-0.4, -0.2) is 30.5 Å². The Kier molecular flexibility index (Phi) is 5.99. The van der Waals surface area contributed by atoms with Crippen molar-refractivity contribution in [3.8, 4) is 0 Å². The molecular weight excluding hydrogens is 381 g/mol. The van der Waals surface area contributed by atoms with E-state index in [0.29, 0.717) is 5.69 Å². The topological polar surface area (TPSA) is 78.5 Å². The summed E-state index contributed by atoms with van der Waals surface area (Å²) in [7, 11) is 0. The maximum absolute atomic E-state index is 14.0. The molecule has 1 heterocycles. The smallest absolute Gasteiger partial charge is 0.229 e. The maximum atomic E-state index is 14.0. The van der Waals surface area contributed by atoms with E-state index in [-0.39, 0.29) is 30.5 Å². The molecular formula is C20H20FN3O3S. The lowest BCUT2D eigenvalue weighted by Crippen LogP contribution is -2.28. The lowest BCUT2D eigenvalue weighted by atomic mass is 10.1. The quantitative estimate of drug-likeness (QED) is 0.752. The number of benzene rings is 2. The number of carbonyl (C=O) groups is 3. The third-order valence-electron chi connectivity index (χ3n) is 4.42. The molecule has 0 aromatic heterocycles. The zero-order valence-electron chi connectivity index (χ0n) is 15.5. The molecule has 3 rings (SSSR count). The number of hydrogen-bond acceptors (Lipinski definition) is 4. The molecule has 1 saturated heterocycles. The van der Waals surface area contributed by atoms with Gasteiger partial charge in [0.1, 0.15) is 5.82 Å². The van der Waals surface area contributed by atoms with Crippen LogP contribution in [0.3, 0.4) is 0 Å². The number of nitrogens with one attached hydrogen (secondary N) is 2. The molecule has 3 amide bonds. The molecule has 28 heavy (non-hydrogen) atoms. The number of nitrogens with zero attached hydrogens (tertiary/aromatic N) is 1. The Labute approximate surface area is 166 Å². The zero-order valence-corrected chi connectivity index (χ0v) is 16.3. The van der Waals surface area contributed by atoms with Gasteiger partial charge in [0.2, 0.25) is 17.7 Å². The van der Waals surface area contributed by atoms with Crippen molar-refractivity contribution in [2.75, 3.05) is 28.3 Å². The van der Waals surface area contributed by atoms with Crippen LogP contribution in [-0.2, 0) is 14.4 Å². The van der Waals surface area contributed by atoms with E-state index in [0.717, 1.165) is 10.6 Å². The summed E-state index contributed by atoms with van der Waals surface area (Å²) in [6, 6.07) is 11.5. The van der Waals surface area contributed by atoms with Crippen molar-refractivity contribution in [1.29, 1.82) is 0 Å². The summed E-state index contributed by atoms with van der Waals surface area (Å²) >= 11 is 1.60. The first-order valence-corrected chi connectivity index (χ1v) is 9.92. The van der Waals surface area contributed by atoms with E-state index in [9.17, 15) is 18.8 Å². The molecule has 1 atom stereocenters. The summed E-state index contributed by atoms with van der Waals surface area (Å²) < 4.78 is 14.0. The highest BCUT2D eigenvalue weighted by atomic mass is 32.2. The molecule has 0 aliphatic carbocycles. The molecule has 1 unspecified atom stereocenters. The van der Waals surface area contributed by atoms with Gasteiger partial charge in [0.15, 0.2) is 0 Å². The van der Waals surface area contributed by atoms with E-state index in [4.69, 9.17) is 0 Å². The van der Waals surface area contributed by atoms with Crippen LogP contribution in [0.5, 0.6) is 0 Å². The molecule has 0 spiro atoms. The van der Waals surface area contributed by atoms with Gasteiger partial charge >= 0.3 is 0 Å². The van der Waals surface area contributed by atoms with Gasteiger partial charge in [-0.05, 0) is 48.7 Å². The van der Waals surface area contributed by atoms with Crippen molar-refractivity contribution < 1.29 is 18.8 Å². The van der Waals surface area contributed by atoms with Crippen LogP contribution in [0.2, 0.25) is 0 Å². The second kappa shape index (κ2) is 8.43. The Bertz CT molecular complexity index is 917. The van der Waals surface area contributed by atoms with Crippen LogP contribution in [0.1, 0.15) is 13.3 Å². The zero-order chi connectivity index (χ0) is 20.3. The van der Waals surface area contributed by atoms with Gasteiger partial charge in [-0.25, -0.2) is 4.39 Å². The predicted octanol–water partition coefficient (Wildman–Crippen LogP) is 3.50. The number of rotatable bonds is 5. The third-order valence-corrected chi connectivity index (χ3v) is 5.17. The Morgan fingerprint density at radius 1 is 1.14 bits per heavy atom. The van der Waals surface area contributed by atoms with Gasteiger partial charge < -0.3 is 15.5 Å². The van der Waals surface area contributed by atoms with Crippen molar-refractivity contribution >= 4 is 46.5 Å². The molecule has 0 radical (unpaired) electrons. The van der Waals surface area contributed by atoms with E-state index in [1.54, 1.807) is 16.7 Å². The van der Waals surface area contributed by atoms with Crippen LogP contribution in [0.15, 0.2) is 47.4 Å². The standard InChI is InChI=1S/C20H20FN3O3S/c1-12(25)22-14-3-8-17(21)18(10-14)23-20(27)13-9-19(26)24(11-13)15-4-6-16(28-2)7-5-15/h3-8,10,13H,9,11H2,1-2H3,(H,22,25)(H,23,27). The fraction of sp³-hybridized carbons (Fsp3) is 0.250. The molecule has 0 bridgehead atoms. The number of hydrogen-bond donors (Lipinski definition) is 2. The SMILES string of the molecule is CSc1ccc(N2CC(C(=O)Nc3cc(NC(C)=O)ccc3F)CC2=O)cc1. The van der Waals surface area contributed by atoms with E-state index in [1.165, 1.54) is 25.1 Å². The average Bonchev–Trinajstić information content (AvgIpc) is 3.06. The summed E-state index contributed by atoms with van der Waals surface area (Å²) in [6.07, 6.45) is 2.03. The summed E-state index contributed by atoms with van der Waals surface area (Å²) in [4.78, 5) is 38.7. The summed E-state index contributed by atoms with van der Waals surface area (Å²) in [5, 5.41) is 5.07. The Hall–Kier alpha value is -2.87. The molecule has 1 aliphatic heterocycles. The highest BCUT2D eigenvalue weighted by molar-refractivity contribution is 7.98. The number of halogens is 1. The first-order chi connectivity index (χ1) is 13.4. The van der Waals surface area contributed by atoms with Crippen LogP contribution in [0.25, 0.3) is 0 Å². The van der Waals surface area contributed by atoms with Crippen LogP contribution in [0.4, 0.5) is 21.5 Å². The highest BCUT2D eigenvalue weighted by Crippen LogP contribution is 2.28. The van der Waals surface area contributed by atoms with Gasteiger partial charge in [0, 0.05) is 36.2 Å². The van der Waals surface area contributed by atoms with Crippen LogP contribution >= 0.6 is 11.8 Å². The molecule has 1 aliphatic rings. The molecule has 1 fully saturated rings. The van der Waals surface area contributed by atoms with Gasteiger partial charge in [-0.3, -0.25) is 14.4 Å².